The Kier molecular flexibility index (Phi) is 6.96. The average Bonchev–Trinajstić information content (AvgIpc) is 2.91. The fourth-order valence-electron chi connectivity index (χ4n) is 4.21. The van der Waals surface area contributed by atoms with E-state index < -0.39 is 11.8 Å². The van der Waals surface area contributed by atoms with Gasteiger partial charge in [0.15, 0.2) is 16.6 Å². The second-order valence-corrected chi connectivity index (χ2v) is 8.75. The zero-order valence-corrected chi connectivity index (χ0v) is 21.0. The predicted molar refractivity (Wildman–Crippen MR) is 149 cm³/mol. The minimum Gasteiger partial charge on any atom is -0.490 e. The van der Waals surface area contributed by atoms with Crippen molar-refractivity contribution in [1.82, 2.24) is 5.32 Å². The van der Waals surface area contributed by atoms with Gasteiger partial charge in [-0.25, -0.2) is 0 Å². The van der Waals surface area contributed by atoms with Crippen LogP contribution >= 0.6 is 12.2 Å². The molecule has 0 radical (unpaired) electrons. The molecule has 1 N–H and O–H groups in total. The van der Waals surface area contributed by atoms with E-state index in [1.54, 1.807) is 42.5 Å². The van der Waals surface area contributed by atoms with E-state index in [0.717, 1.165) is 16.3 Å². The lowest BCUT2D eigenvalue weighted by atomic mass is 10.1. The highest BCUT2D eigenvalue weighted by atomic mass is 32.1. The molecule has 5 rings (SSSR count). The summed E-state index contributed by atoms with van der Waals surface area (Å²) in [4.78, 5) is 27.2. The second kappa shape index (κ2) is 10.6. The number of benzene rings is 4. The van der Waals surface area contributed by atoms with E-state index in [9.17, 15) is 9.59 Å². The van der Waals surface area contributed by atoms with Crippen molar-refractivity contribution in [2.24, 2.45) is 0 Å². The van der Waals surface area contributed by atoms with Crippen LogP contribution in [0.2, 0.25) is 0 Å². The Hall–Kier alpha value is -4.49. The van der Waals surface area contributed by atoms with Crippen LogP contribution in [0.5, 0.6) is 11.5 Å². The van der Waals surface area contributed by atoms with E-state index in [-0.39, 0.29) is 10.7 Å². The van der Waals surface area contributed by atoms with E-state index in [0.29, 0.717) is 36.0 Å². The average molecular weight is 509 g/mol. The van der Waals surface area contributed by atoms with Crippen LogP contribution in [-0.4, -0.2) is 23.5 Å². The maximum absolute atomic E-state index is 13.2. The molecule has 7 heteroatoms. The molecule has 1 fully saturated rings. The number of ether oxygens (including phenoxy) is 2. The highest BCUT2D eigenvalue weighted by Gasteiger charge is 2.34. The van der Waals surface area contributed by atoms with Crippen molar-refractivity contribution in [3.05, 3.63) is 108 Å². The summed E-state index contributed by atoms with van der Waals surface area (Å²) >= 11 is 5.26. The first-order chi connectivity index (χ1) is 18.0. The van der Waals surface area contributed by atoms with Gasteiger partial charge in [-0.1, -0.05) is 66.7 Å². The lowest BCUT2D eigenvalue weighted by Crippen LogP contribution is -2.54. The van der Waals surface area contributed by atoms with Gasteiger partial charge in [0.1, 0.15) is 12.2 Å². The van der Waals surface area contributed by atoms with Gasteiger partial charge >= 0.3 is 0 Å². The summed E-state index contributed by atoms with van der Waals surface area (Å²) in [7, 11) is 0. The zero-order chi connectivity index (χ0) is 25.8. The van der Waals surface area contributed by atoms with Gasteiger partial charge in [0.2, 0.25) is 0 Å². The molecule has 0 aromatic heterocycles. The number of hydrogen-bond acceptors (Lipinski definition) is 5. The number of amides is 2. The van der Waals surface area contributed by atoms with Gasteiger partial charge in [0.05, 0.1) is 12.3 Å². The van der Waals surface area contributed by atoms with E-state index in [2.05, 4.69) is 23.5 Å². The van der Waals surface area contributed by atoms with Gasteiger partial charge in [-0.3, -0.25) is 19.8 Å². The third-order valence-corrected chi connectivity index (χ3v) is 6.24. The summed E-state index contributed by atoms with van der Waals surface area (Å²) in [5.41, 5.74) is 2.24. The Morgan fingerprint density at radius 2 is 1.62 bits per heavy atom. The lowest BCUT2D eigenvalue weighted by Gasteiger charge is -2.28. The third kappa shape index (κ3) is 5.08. The number of rotatable bonds is 7. The van der Waals surface area contributed by atoms with Crippen molar-refractivity contribution in [2.45, 2.75) is 13.5 Å². The first-order valence-corrected chi connectivity index (χ1v) is 12.3. The summed E-state index contributed by atoms with van der Waals surface area (Å²) in [6.07, 6.45) is 1.53. The Balaban J connectivity index is 1.42. The van der Waals surface area contributed by atoms with E-state index in [1.165, 1.54) is 11.0 Å². The van der Waals surface area contributed by atoms with Crippen molar-refractivity contribution < 1.29 is 19.1 Å². The molecule has 0 atom stereocenters. The molecule has 184 valence electrons. The maximum Gasteiger partial charge on any atom is 0.270 e. The molecule has 4 aromatic rings. The van der Waals surface area contributed by atoms with Crippen LogP contribution in [0.15, 0.2) is 96.6 Å². The molecule has 0 spiro atoms. The molecule has 0 bridgehead atoms. The smallest absolute Gasteiger partial charge is 0.270 e. The number of hydrogen-bond donors (Lipinski definition) is 1. The van der Waals surface area contributed by atoms with Gasteiger partial charge in [-0.2, -0.15) is 0 Å². The molecule has 37 heavy (non-hydrogen) atoms. The van der Waals surface area contributed by atoms with Crippen LogP contribution in [-0.2, 0) is 16.2 Å². The fraction of sp³-hybridized carbons (Fsp3) is 0.100. The van der Waals surface area contributed by atoms with Crippen molar-refractivity contribution in [3.8, 4) is 11.5 Å². The molecule has 6 nitrogen and oxygen atoms in total. The Labute approximate surface area is 220 Å². The van der Waals surface area contributed by atoms with E-state index >= 15 is 0 Å². The molecule has 4 aromatic carbocycles. The highest BCUT2D eigenvalue weighted by Crippen LogP contribution is 2.31. The molecule has 2 amide bonds. The summed E-state index contributed by atoms with van der Waals surface area (Å²) in [6, 6.07) is 28.6. The van der Waals surface area contributed by atoms with Crippen LogP contribution in [0.1, 0.15) is 18.1 Å². The highest BCUT2D eigenvalue weighted by molar-refractivity contribution is 7.80. The fourth-order valence-corrected chi connectivity index (χ4v) is 4.49. The van der Waals surface area contributed by atoms with Crippen LogP contribution in [0.3, 0.4) is 0 Å². The summed E-state index contributed by atoms with van der Waals surface area (Å²) in [5.74, 6) is 0.0604. The van der Waals surface area contributed by atoms with Crippen LogP contribution in [0.4, 0.5) is 5.69 Å². The number of nitrogens with zero attached hydrogens (tertiary/aromatic N) is 1. The van der Waals surface area contributed by atoms with Gasteiger partial charge in [0.25, 0.3) is 11.8 Å². The van der Waals surface area contributed by atoms with Gasteiger partial charge < -0.3 is 9.47 Å². The predicted octanol–water partition coefficient (Wildman–Crippen LogP) is 5.65. The minimum absolute atomic E-state index is 0.0238. The molecule has 1 aliphatic heterocycles. The molecule has 1 aliphatic rings. The number of carbonyl (C=O) groups excluding carboxylic acids is 2. The normalized spacial score (nSPS) is 14.7. The molecule has 1 saturated heterocycles. The van der Waals surface area contributed by atoms with E-state index in [4.69, 9.17) is 21.7 Å². The quantitative estimate of drug-likeness (QED) is 0.199. The number of para-hydroxylation sites is 1. The largest absolute Gasteiger partial charge is 0.490 e. The monoisotopic (exact) mass is 508 g/mol. The summed E-state index contributed by atoms with van der Waals surface area (Å²) in [5, 5.41) is 4.93. The van der Waals surface area contributed by atoms with E-state index in [1.807, 2.05) is 37.3 Å². The Morgan fingerprint density at radius 3 is 2.43 bits per heavy atom. The number of nitrogens with one attached hydrogen (secondary N) is 1. The second-order valence-electron chi connectivity index (χ2n) is 8.36. The van der Waals surface area contributed by atoms with Crippen LogP contribution in [0.25, 0.3) is 16.8 Å². The van der Waals surface area contributed by atoms with Crippen LogP contribution < -0.4 is 19.7 Å². The Bertz CT molecular complexity index is 1530. The number of anilines is 1. The van der Waals surface area contributed by atoms with Gasteiger partial charge in [-0.15, -0.1) is 0 Å². The Morgan fingerprint density at radius 1 is 0.865 bits per heavy atom. The van der Waals surface area contributed by atoms with Crippen molar-refractivity contribution in [1.29, 1.82) is 0 Å². The molecule has 0 aliphatic carbocycles. The number of thiocarbonyl (C=S) groups is 1. The van der Waals surface area contributed by atoms with Crippen molar-refractivity contribution in [3.63, 3.8) is 0 Å². The molecular weight excluding hydrogens is 484 g/mol. The van der Waals surface area contributed by atoms with Crippen LogP contribution in [0, 0.1) is 0 Å². The molecule has 0 saturated carbocycles. The van der Waals surface area contributed by atoms with Gasteiger partial charge in [-0.05, 0) is 71.4 Å². The lowest BCUT2D eigenvalue weighted by molar-refractivity contribution is -0.122. The summed E-state index contributed by atoms with van der Waals surface area (Å²) < 4.78 is 12.0. The SMILES string of the molecule is CCOc1cc(/C=C2/C(=O)NC(=S)N(c3ccccc3)C2=O)ccc1OCc1cccc2ccccc12. The number of fused-ring (bicyclic) bond motifs is 1. The first kappa shape index (κ1) is 24.2. The standard InChI is InChI=1S/C30H24N2O4S/c1-2-35-27-18-20(15-16-26(27)36-19-22-11-8-10-21-9-6-7-14-24(21)22)17-25-28(33)31-30(37)32(29(25)34)23-12-4-3-5-13-23/h3-18H,2,19H2,1H3,(H,31,33,37)/b25-17-. The molecule has 1 heterocycles. The minimum atomic E-state index is -0.545. The summed E-state index contributed by atoms with van der Waals surface area (Å²) in [6.45, 7) is 2.68. The molecule has 0 unspecified atom stereocenters. The first-order valence-electron chi connectivity index (χ1n) is 11.9. The van der Waals surface area contributed by atoms with Crippen molar-refractivity contribution in [2.75, 3.05) is 11.5 Å². The molecular formula is C30H24N2O4S. The van der Waals surface area contributed by atoms with Crippen molar-refractivity contribution >= 4 is 51.7 Å². The zero-order valence-electron chi connectivity index (χ0n) is 20.1. The van der Waals surface area contributed by atoms with Gasteiger partial charge in [0, 0.05) is 0 Å². The topological polar surface area (TPSA) is 67.9 Å². The third-order valence-electron chi connectivity index (χ3n) is 5.96. The maximum atomic E-state index is 13.2. The number of carbonyl (C=O) groups is 2.